The minimum absolute atomic E-state index is 0.125. The van der Waals surface area contributed by atoms with Gasteiger partial charge in [0.1, 0.15) is 5.54 Å². The number of anilines is 1. The number of carbonyl (C=O) groups is 3. The zero-order valence-corrected chi connectivity index (χ0v) is 16.7. The van der Waals surface area contributed by atoms with E-state index >= 15 is 0 Å². The van der Waals surface area contributed by atoms with Gasteiger partial charge in [0.15, 0.2) is 0 Å². The number of nitrogens with zero attached hydrogens (tertiary/aromatic N) is 1. The van der Waals surface area contributed by atoms with Crippen molar-refractivity contribution in [3.63, 3.8) is 0 Å². The maximum absolute atomic E-state index is 12.5. The molecule has 146 valence electrons. The van der Waals surface area contributed by atoms with Crippen molar-refractivity contribution in [2.75, 3.05) is 12.0 Å². The van der Waals surface area contributed by atoms with E-state index < -0.39 is 5.54 Å². The summed E-state index contributed by atoms with van der Waals surface area (Å²) in [5.74, 6) is -0.497. The van der Waals surface area contributed by atoms with Gasteiger partial charge in [-0.1, -0.05) is 47.6 Å². The number of rotatable bonds is 6. The van der Waals surface area contributed by atoms with Crippen molar-refractivity contribution in [3.05, 3.63) is 27.2 Å². The molecule has 0 bridgehead atoms. The van der Waals surface area contributed by atoms with E-state index in [0.29, 0.717) is 30.0 Å². The van der Waals surface area contributed by atoms with Crippen molar-refractivity contribution in [1.82, 2.24) is 15.6 Å². The molecule has 1 heterocycles. The molecule has 27 heavy (non-hydrogen) atoms. The van der Waals surface area contributed by atoms with Crippen LogP contribution in [0.25, 0.3) is 0 Å². The molecule has 0 aromatic heterocycles. The normalized spacial score (nSPS) is 18.1. The van der Waals surface area contributed by atoms with Crippen LogP contribution in [-0.4, -0.2) is 34.8 Å². The summed E-state index contributed by atoms with van der Waals surface area (Å²) in [6.45, 7) is 0.197. The number of carbonyl (C=O) groups excluding carboxylic acids is 3. The Morgan fingerprint density at radius 1 is 1.15 bits per heavy atom. The lowest BCUT2D eigenvalue weighted by atomic mass is 9.98. The Hall–Kier alpha value is -1.70. The summed E-state index contributed by atoms with van der Waals surface area (Å²) in [4.78, 5) is 37.8. The van der Waals surface area contributed by atoms with E-state index in [1.807, 2.05) is 0 Å². The number of benzene rings is 1. The number of halogens is 3. The second kappa shape index (κ2) is 8.12. The van der Waals surface area contributed by atoms with Gasteiger partial charge in [-0.25, -0.2) is 4.79 Å². The second-order valence-corrected chi connectivity index (χ2v) is 7.95. The van der Waals surface area contributed by atoms with Crippen molar-refractivity contribution in [3.8, 4) is 0 Å². The fraction of sp³-hybridized carbons (Fsp3) is 0.471. The maximum Gasteiger partial charge on any atom is 0.325 e. The van der Waals surface area contributed by atoms with E-state index in [4.69, 9.17) is 34.8 Å². The molecule has 1 saturated carbocycles. The molecule has 3 rings (SSSR count). The first kappa shape index (κ1) is 20.0. The molecular formula is C17H19Cl3N4O3. The molecule has 3 N–H and O–H groups in total. The standard InChI is InChI=1S/C17H19Cl3N4O3/c18-10-8-11(19)14(12(20)9-10)23-22-13(25)4-3-7-24-15(26)17(21-16(24)27)5-1-2-6-17/h8-9,23H,1-7H2,(H,21,27)(H,22,25). The molecule has 1 aliphatic carbocycles. The molecule has 1 spiro atoms. The van der Waals surface area contributed by atoms with Crippen LogP contribution in [0.5, 0.6) is 0 Å². The van der Waals surface area contributed by atoms with E-state index in [1.165, 1.54) is 17.0 Å². The Kier molecular flexibility index (Phi) is 6.03. The van der Waals surface area contributed by atoms with Gasteiger partial charge >= 0.3 is 6.03 Å². The van der Waals surface area contributed by atoms with Crippen LogP contribution < -0.4 is 16.2 Å². The topological polar surface area (TPSA) is 90.5 Å². The Balaban J connectivity index is 1.46. The summed E-state index contributed by atoms with van der Waals surface area (Å²) in [6.07, 6.45) is 3.71. The molecule has 0 radical (unpaired) electrons. The summed E-state index contributed by atoms with van der Waals surface area (Å²) in [5, 5.41) is 3.74. The minimum atomic E-state index is -0.719. The highest BCUT2D eigenvalue weighted by Gasteiger charge is 2.51. The van der Waals surface area contributed by atoms with E-state index in [1.54, 1.807) is 0 Å². The number of hydrazine groups is 1. The summed E-state index contributed by atoms with van der Waals surface area (Å²) >= 11 is 17.9. The van der Waals surface area contributed by atoms with E-state index in [2.05, 4.69) is 16.2 Å². The quantitative estimate of drug-likeness (QED) is 0.471. The fourth-order valence-electron chi connectivity index (χ4n) is 3.45. The largest absolute Gasteiger partial charge is 0.325 e. The van der Waals surface area contributed by atoms with Gasteiger partial charge in [0.2, 0.25) is 5.91 Å². The molecule has 4 amide bonds. The van der Waals surface area contributed by atoms with Gasteiger partial charge in [0, 0.05) is 18.0 Å². The highest BCUT2D eigenvalue weighted by molar-refractivity contribution is 6.41. The smallest absolute Gasteiger partial charge is 0.323 e. The molecule has 0 atom stereocenters. The maximum atomic E-state index is 12.5. The van der Waals surface area contributed by atoms with Gasteiger partial charge in [-0.15, -0.1) is 0 Å². The number of urea groups is 1. The van der Waals surface area contributed by atoms with Crippen molar-refractivity contribution in [1.29, 1.82) is 0 Å². The van der Waals surface area contributed by atoms with Gasteiger partial charge in [0.05, 0.1) is 15.7 Å². The third-order valence-electron chi connectivity index (χ3n) is 4.82. The zero-order chi connectivity index (χ0) is 19.6. The van der Waals surface area contributed by atoms with Gasteiger partial charge < -0.3 is 5.32 Å². The van der Waals surface area contributed by atoms with Crippen LogP contribution in [0.15, 0.2) is 12.1 Å². The van der Waals surface area contributed by atoms with Crippen LogP contribution in [0.4, 0.5) is 10.5 Å². The Bertz CT molecular complexity index is 758. The molecule has 2 aliphatic rings. The van der Waals surface area contributed by atoms with Crippen LogP contribution in [0.3, 0.4) is 0 Å². The first-order chi connectivity index (χ1) is 12.8. The molecule has 2 fully saturated rings. The molecule has 7 nitrogen and oxygen atoms in total. The number of hydrogen-bond acceptors (Lipinski definition) is 4. The van der Waals surface area contributed by atoms with Gasteiger partial charge in [-0.3, -0.25) is 25.3 Å². The van der Waals surface area contributed by atoms with Crippen molar-refractivity contribution < 1.29 is 14.4 Å². The molecule has 1 aromatic carbocycles. The molecule has 10 heteroatoms. The number of nitrogens with one attached hydrogen (secondary N) is 3. The van der Waals surface area contributed by atoms with Crippen molar-refractivity contribution >= 4 is 58.3 Å². The third kappa shape index (κ3) is 4.25. The first-order valence-corrected chi connectivity index (χ1v) is 9.79. The average molecular weight is 434 g/mol. The van der Waals surface area contributed by atoms with Crippen LogP contribution >= 0.6 is 34.8 Å². The number of imide groups is 1. The molecule has 1 aliphatic heterocycles. The summed E-state index contributed by atoms with van der Waals surface area (Å²) in [6, 6.07) is 2.63. The summed E-state index contributed by atoms with van der Waals surface area (Å²) in [5.41, 5.74) is 4.78. The SMILES string of the molecule is O=C(CCCN1C(=O)NC2(CCCC2)C1=O)NNc1c(Cl)cc(Cl)cc1Cl. The van der Waals surface area contributed by atoms with Crippen LogP contribution in [0.2, 0.25) is 15.1 Å². The summed E-state index contributed by atoms with van der Waals surface area (Å²) < 4.78 is 0. The zero-order valence-electron chi connectivity index (χ0n) is 14.4. The fourth-order valence-corrected chi connectivity index (χ4v) is 4.36. The predicted octanol–water partition coefficient (Wildman–Crippen LogP) is 3.73. The average Bonchev–Trinajstić information content (AvgIpc) is 3.14. The molecule has 1 aromatic rings. The van der Waals surface area contributed by atoms with Crippen LogP contribution in [-0.2, 0) is 9.59 Å². The lowest BCUT2D eigenvalue weighted by Crippen LogP contribution is -2.44. The van der Waals surface area contributed by atoms with Crippen molar-refractivity contribution in [2.24, 2.45) is 0 Å². The lowest BCUT2D eigenvalue weighted by molar-refractivity contribution is -0.131. The third-order valence-corrected chi connectivity index (χ3v) is 5.64. The van der Waals surface area contributed by atoms with Gasteiger partial charge in [-0.2, -0.15) is 0 Å². The van der Waals surface area contributed by atoms with E-state index in [0.717, 1.165) is 12.8 Å². The van der Waals surface area contributed by atoms with E-state index in [-0.39, 0.29) is 40.9 Å². The van der Waals surface area contributed by atoms with Crippen LogP contribution in [0, 0.1) is 0 Å². The lowest BCUT2D eigenvalue weighted by Gasteiger charge is -2.20. The Morgan fingerprint density at radius 2 is 1.78 bits per heavy atom. The molecule has 1 saturated heterocycles. The number of amides is 4. The molecular weight excluding hydrogens is 415 g/mol. The summed E-state index contributed by atoms with van der Waals surface area (Å²) in [7, 11) is 0. The highest BCUT2D eigenvalue weighted by Crippen LogP contribution is 2.35. The first-order valence-electron chi connectivity index (χ1n) is 8.66. The van der Waals surface area contributed by atoms with Gasteiger partial charge in [-0.05, 0) is 31.4 Å². The Labute approximate surface area is 171 Å². The van der Waals surface area contributed by atoms with Crippen LogP contribution in [0.1, 0.15) is 38.5 Å². The second-order valence-electron chi connectivity index (χ2n) is 6.70. The van der Waals surface area contributed by atoms with Crippen molar-refractivity contribution in [2.45, 2.75) is 44.1 Å². The van der Waals surface area contributed by atoms with E-state index in [9.17, 15) is 14.4 Å². The van der Waals surface area contributed by atoms with Gasteiger partial charge in [0.25, 0.3) is 5.91 Å². The predicted molar refractivity (Wildman–Crippen MR) is 104 cm³/mol. The monoisotopic (exact) mass is 432 g/mol. The number of hydrogen-bond donors (Lipinski definition) is 3. The Morgan fingerprint density at radius 3 is 2.41 bits per heavy atom. The highest BCUT2D eigenvalue weighted by atomic mass is 35.5. The molecule has 0 unspecified atom stereocenters. The minimum Gasteiger partial charge on any atom is -0.323 e.